The Balaban J connectivity index is 1.51. The van der Waals surface area contributed by atoms with Crippen molar-refractivity contribution < 1.29 is 9.53 Å². The van der Waals surface area contributed by atoms with Crippen LogP contribution in [0, 0.1) is 29.1 Å². The molecule has 0 bridgehead atoms. The number of rotatable bonds is 6. The molecular formula is C29H44O2. The first-order valence-electron chi connectivity index (χ1n) is 13.0. The molecule has 0 aromatic heterocycles. The molecule has 6 atom stereocenters. The quantitative estimate of drug-likeness (QED) is 0.449. The van der Waals surface area contributed by atoms with Crippen LogP contribution in [0.15, 0.2) is 12.1 Å². The molecule has 0 amide bonds. The average Bonchev–Trinajstić information content (AvgIpc) is 3.08. The van der Waals surface area contributed by atoms with Crippen molar-refractivity contribution in [1.82, 2.24) is 0 Å². The second-order valence-electron chi connectivity index (χ2n) is 11.8. The maximum Gasteiger partial charge on any atom is 0.302 e. The third-order valence-corrected chi connectivity index (χ3v) is 9.66. The molecule has 1 fully saturated rings. The molecule has 1 aromatic carbocycles. The molecule has 0 heterocycles. The molecule has 1 aromatic rings. The van der Waals surface area contributed by atoms with Gasteiger partial charge in [0.2, 0.25) is 0 Å². The van der Waals surface area contributed by atoms with E-state index in [4.69, 9.17) is 4.74 Å². The van der Waals surface area contributed by atoms with E-state index in [2.05, 4.69) is 46.8 Å². The van der Waals surface area contributed by atoms with E-state index in [1.165, 1.54) is 51.0 Å². The maximum atomic E-state index is 11.4. The Kier molecular flexibility index (Phi) is 6.57. The lowest BCUT2D eigenvalue weighted by Crippen LogP contribution is -2.36. The van der Waals surface area contributed by atoms with E-state index in [9.17, 15) is 4.79 Å². The molecule has 2 nitrogen and oxygen atoms in total. The van der Waals surface area contributed by atoms with Crippen LogP contribution in [0.3, 0.4) is 0 Å². The SMILES string of the molecule is CC(=O)OC1CCc2c(ccc3c2CCC2(C)C3CCC2C(C)CCC(C)C(C)C)C1. The molecule has 0 saturated heterocycles. The molecule has 0 aliphatic heterocycles. The largest absolute Gasteiger partial charge is 0.462 e. The molecule has 3 aliphatic carbocycles. The van der Waals surface area contributed by atoms with Gasteiger partial charge < -0.3 is 4.74 Å². The average molecular weight is 425 g/mol. The number of hydrogen-bond donors (Lipinski definition) is 0. The van der Waals surface area contributed by atoms with Crippen LogP contribution in [0.4, 0.5) is 0 Å². The molecule has 1 saturated carbocycles. The molecule has 2 heteroatoms. The van der Waals surface area contributed by atoms with Crippen molar-refractivity contribution in [1.29, 1.82) is 0 Å². The van der Waals surface area contributed by atoms with E-state index in [-0.39, 0.29) is 12.1 Å². The highest BCUT2D eigenvalue weighted by Crippen LogP contribution is 2.61. The summed E-state index contributed by atoms with van der Waals surface area (Å²) in [5, 5.41) is 0. The minimum atomic E-state index is -0.143. The monoisotopic (exact) mass is 424 g/mol. The van der Waals surface area contributed by atoms with Gasteiger partial charge in [0.05, 0.1) is 0 Å². The first-order chi connectivity index (χ1) is 14.7. The Hall–Kier alpha value is -1.31. The predicted molar refractivity (Wildman–Crippen MR) is 128 cm³/mol. The highest BCUT2D eigenvalue weighted by molar-refractivity contribution is 5.66. The minimum absolute atomic E-state index is 0.0712. The lowest BCUT2D eigenvalue weighted by atomic mass is 9.59. The number of esters is 1. The van der Waals surface area contributed by atoms with Gasteiger partial charge in [-0.2, -0.15) is 0 Å². The Labute approximate surface area is 190 Å². The summed E-state index contributed by atoms with van der Waals surface area (Å²) < 4.78 is 5.53. The van der Waals surface area contributed by atoms with Crippen LogP contribution in [-0.4, -0.2) is 12.1 Å². The number of benzene rings is 1. The van der Waals surface area contributed by atoms with Gasteiger partial charge in [0.25, 0.3) is 0 Å². The first kappa shape index (κ1) is 22.9. The fourth-order valence-electron chi connectivity index (χ4n) is 7.40. The van der Waals surface area contributed by atoms with E-state index in [1.807, 2.05) is 0 Å². The summed E-state index contributed by atoms with van der Waals surface area (Å²) in [6.45, 7) is 13.9. The van der Waals surface area contributed by atoms with Crippen molar-refractivity contribution in [2.45, 2.75) is 111 Å². The number of carbonyl (C=O) groups is 1. The molecule has 3 aliphatic rings. The smallest absolute Gasteiger partial charge is 0.302 e. The van der Waals surface area contributed by atoms with Crippen LogP contribution in [0.5, 0.6) is 0 Å². The third kappa shape index (κ3) is 4.33. The first-order valence-corrected chi connectivity index (χ1v) is 13.0. The number of ether oxygens (including phenoxy) is 1. The topological polar surface area (TPSA) is 26.3 Å². The van der Waals surface area contributed by atoms with Crippen LogP contribution < -0.4 is 0 Å². The third-order valence-electron chi connectivity index (χ3n) is 9.66. The van der Waals surface area contributed by atoms with Crippen molar-refractivity contribution in [3.8, 4) is 0 Å². The molecular weight excluding hydrogens is 380 g/mol. The summed E-state index contributed by atoms with van der Waals surface area (Å²) in [5.41, 5.74) is 6.85. The Morgan fingerprint density at radius 3 is 2.55 bits per heavy atom. The van der Waals surface area contributed by atoms with Gasteiger partial charge in [-0.25, -0.2) is 0 Å². The number of carbonyl (C=O) groups excluding carboxylic acids is 1. The summed E-state index contributed by atoms with van der Waals surface area (Å²) in [4.78, 5) is 11.4. The highest BCUT2D eigenvalue weighted by Gasteiger charge is 2.51. The lowest BCUT2D eigenvalue weighted by molar-refractivity contribution is -0.146. The summed E-state index contributed by atoms with van der Waals surface area (Å²) in [7, 11) is 0. The minimum Gasteiger partial charge on any atom is -0.462 e. The van der Waals surface area contributed by atoms with Crippen LogP contribution in [0.25, 0.3) is 0 Å². The van der Waals surface area contributed by atoms with E-state index in [0.717, 1.165) is 48.9 Å². The summed E-state index contributed by atoms with van der Waals surface area (Å²) in [6, 6.07) is 4.83. The predicted octanol–water partition coefficient (Wildman–Crippen LogP) is 7.26. The fraction of sp³-hybridized carbons (Fsp3) is 0.759. The molecule has 0 N–H and O–H groups in total. The second-order valence-corrected chi connectivity index (χ2v) is 11.8. The van der Waals surface area contributed by atoms with Crippen molar-refractivity contribution in [2.24, 2.45) is 29.1 Å². The van der Waals surface area contributed by atoms with Gasteiger partial charge in [0, 0.05) is 13.3 Å². The summed E-state index contributed by atoms with van der Waals surface area (Å²) >= 11 is 0. The van der Waals surface area contributed by atoms with Gasteiger partial charge in [-0.15, -0.1) is 0 Å². The summed E-state index contributed by atoms with van der Waals surface area (Å²) in [5.74, 6) is 3.93. The standard InChI is InChI=1S/C29H44O2/c1-18(2)19(3)7-8-20(4)27-13-14-28-26-11-9-22-17-23(31-21(5)30)10-12-24(22)25(26)15-16-29(27,28)6/h9,11,18-20,23,27-28H,7-8,10,12-17H2,1-6H3. The molecule has 6 unspecified atom stereocenters. The van der Waals surface area contributed by atoms with Gasteiger partial charge in [0.1, 0.15) is 6.10 Å². The Morgan fingerprint density at radius 2 is 1.84 bits per heavy atom. The van der Waals surface area contributed by atoms with E-state index in [0.29, 0.717) is 5.41 Å². The van der Waals surface area contributed by atoms with E-state index in [1.54, 1.807) is 16.7 Å². The van der Waals surface area contributed by atoms with Crippen molar-refractivity contribution >= 4 is 5.97 Å². The van der Waals surface area contributed by atoms with E-state index >= 15 is 0 Å². The van der Waals surface area contributed by atoms with Gasteiger partial charge >= 0.3 is 5.97 Å². The molecule has 4 rings (SSSR count). The zero-order chi connectivity index (χ0) is 22.3. The Morgan fingerprint density at radius 1 is 1.06 bits per heavy atom. The molecule has 31 heavy (non-hydrogen) atoms. The van der Waals surface area contributed by atoms with Crippen molar-refractivity contribution in [3.05, 3.63) is 34.4 Å². The van der Waals surface area contributed by atoms with Gasteiger partial charge in [-0.3, -0.25) is 4.79 Å². The van der Waals surface area contributed by atoms with Crippen molar-refractivity contribution in [3.63, 3.8) is 0 Å². The van der Waals surface area contributed by atoms with Crippen LogP contribution in [0.1, 0.15) is 108 Å². The van der Waals surface area contributed by atoms with Gasteiger partial charge in [-0.1, -0.05) is 59.6 Å². The molecule has 0 spiro atoms. The van der Waals surface area contributed by atoms with Crippen LogP contribution in [0.2, 0.25) is 0 Å². The Bertz CT molecular complexity index is 809. The fourth-order valence-corrected chi connectivity index (χ4v) is 7.40. The van der Waals surface area contributed by atoms with Gasteiger partial charge in [0.15, 0.2) is 0 Å². The lowest BCUT2D eigenvalue weighted by Gasteiger charge is -2.45. The van der Waals surface area contributed by atoms with Crippen LogP contribution in [-0.2, 0) is 28.8 Å². The zero-order valence-electron chi connectivity index (χ0n) is 20.8. The number of fused-ring (bicyclic) bond motifs is 5. The normalized spacial score (nSPS) is 31.5. The molecule has 0 radical (unpaired) electrons. The second kappa shape index (κ2) is 8.91. The highest BCUT2D eigenvalue weighted by atomic mass is 16.5. The number of hydrogen-bond acceptors (Lipinski definition) is 2. The molecule has 172 valence electrons. The van der Waals surface area contributed by atoms with Crippen molar-refractivity contribution in [2.75, 3.05) is 0 Å². The van der Waals surface area contributed by atoms with E-state index < -0.39 is 0 Å². The van der Waals surface area contributed by atoms with Crippen LogP contribution >= 0.6 is 0 Å². The maximum absolute atomic E-state index is 11.4. The summed E-state index contributed by atoms with van der Waals surface area (Å²) in [6.07, 6.45) is 11.2. The zero-order valence-corrected chi connectivity index (χ0v) is 20.8. The van der Waals surface area contributed by atoms with Gasteiger partial charge in [-0.05, 0) is 95.8 Å².